The van der Waals surface area contributed by atoms with E-state index in [1.165, 1.54) is 27.6 Å². The maximum absolute atomic E-state index is 12.7. The summed E-state index contributed by atoms with van der Waals surface area (Å²) in [6.07, 6.45) is 2.20. The van der Waals surface area contributed by atoms with E-state index in [-0.39, 0.29) is 11.7 Å². The van der Waals surface area contributed by atoms with E-state index in [0.717, 1.165) is 17.7 Å². The summed E-state index contributed by atoms with van der Waals surface area (Å²) in [5, 5.41) is 5.55. The van der Waals surface area contributed by atoms with E-state index >= 15 is 0 Å². The van der Waals surface area contributed by atoms with Crippen LogP contribution in [-0.2, 0) is 6.42 Å². The fourth-order valence-electron chi connectivity index (χ4n) is 3.65. The lowest BCUT2D eigenvalue weighted by molar-refractivity contribution is 0.0963. The number of urea groups is 1. The fraction of sp³-hybridized carbons (Fsp3) is 0.217. The molecule has 9 nitrogen and oxygen atoms in total. The Morgan fingerprint density at radius 2 is 1.66 bits per heavy atom. The van der Waals surface area contributed by atoms with Crippen molar-refractivity contribution in [1.29, 1.82) is 0 Å². The molecule has 3 aromatic rings. The van der Waals surface area contributed by atoms with E-state index in [2.05, 4.69) is 10.6 Å². The highest BCUT2D eigenvalue weighted by Gasteiger charge is 2.27. The number of fused-ring (bicyclic) bond motifs is 1. The van der Waals surface area contributed by atoms with Crippen molar-refractivity contribution in [2.24, 2.45) is 0 Å². The van der Waals surface area contributed by atoms with Crippen LogP contribution in [0.2, 0.25) is 0 Å². The van der Waals surface area contributed by atoms with E-state index < -0.39 is 6.03 Å². The summed E-state index contributed by atoms with van der Waals surface area (Å²) in [6.45, 7) is 0.552. The summed E-state index contributed by atoms with van der Waals surface area (Å²) in [4.78, 5) is 27.0. The van der Waals surface area contributed by atoms with Crippen molar-refractivity contribution in [3.8, 4) is 17.2 Å². The van der Waals surface area contributed by atoms with Gasteiger partial charge in [0.15, 0.2) is 17.3 Å². The van der Waals surface area contributed by atoms with Crippen LogP contribution >= 0.6 is 0 Å². The van der Waals surface area contributed by atoms with Gasteiger partial charge in [-0.05, 0) is 36.2 Å². The molecule has 2 N–H and O–H groups in total. The Morgan fingerprint density at radius 3 is 2.28 bits per heavy atom. The Kier molecular flexibility index (Phi) is 5.89. The highest BCUT2D eigenvalue weighted by Crippen LogP contribution is 2.40. The number of furan rings is 1. The van der Waals surface area contributed by atoms with Crippen LogP contribution in [0.15, 0.2) is 53.1 Å². The van der Waals surface area contributed by atoms with E-state index in [0.29, 0.717) is 35.2 Å². The van der Waals surface area contributed by atoms with Gasteiger partial charge in [-0.25, -0.2) is 4.79 Å². The Balaban J connectivity index is 1.50. The van der Waals surface area contributed by atoms with Gasteiger partial charge in [0.25, 0.3) is 5.91 Å². The zero-order valence-electron chi connectivity index (χ0n) is 17.9. The smallest absolute Gasteiger partial charge is 0.323 e. The molecule has 2 aromatic carbocycles. The van der Waals surface area contributed by atoms with Crippen LogP contribution in [0, 0.1) is 0 Å². The van der Waals surface area contributed by atoms with Crippen LogP contribution < -0.4 is 29.7 Å². The highest BCUT2D eigenvalue weighted by atomic mass is 16.5. The molecule has 4 rings (SSSR count). The number of anilines is 3. The third-order valence-electron chi connectivity index (χ3n) is 5.14. The molecule has 1 aliphatic rings. The Hall–Kier alpha value is -4.14. The first-order valence-corrected chi connectivity index (χ1v) is 9.90. The fourth-order valence-corrected chi connectivity index (χ4v) is 3.65. The van der Waals surface area contributed by atoms with Gasteiger partial charge >= 0.3 is 6.03 Å². The summed E-state index contributed by atoms with van der Waals surface area (Å²) in [6, 6.07) is 11.6. The predicted octanol–water partition coefficient (Wildman–Crippen LogP) is 4.15. The molecule has 0 aliphatic carbocycles. The molecular weight excluding hydrogens is 414 g/mol. The number of hydrogen-bond acceptors (Lipinski definition) is 6. The van der Waals surface area contributed by atoms with Gasteiger partial charge in [0.1, 0.15) is 0 Å². The van der Waals surface area contributed by atoms with Crippen molar-refractivity contribution in [1.82, 2.24) is 0 Å². The van der Waals surface area contributed by atoms with Crippen molar-refractivity contribution >= 4 is 29.0 Å². The summed E-state index contributed by atoms with van der Waals surface area (Å²) < 4.78 is 21.2. The number of ether oxygens (including phenoxy) is 3. The summed E-state index contributed by atoms with van der Waals surface area (Å²) in [7, 11) is 4.51. The molecule has 0 saturated carbocycles. The van der Waals surface area contributed by atoms with E-state index in [4.69, 9.17) is 18.6 Å². The lowest BCUT2D eigenvalue weighted by atomic mass is 10.1. The minimum Gasteiger partial charge on any atom is -0.493 e. The largest absolute Gasteiger partial charge is 0.493 e. The van der Waals surface area contributed by atoms with E-state index in [1.54, 1.807) is 41.3 Å². The molecule has 0 bridgehead atoms. The van der Waals surface area contributed by atoms with Crippen molar-refractivity contribution in [3.63, 3.8) is 0 Å². The first-order chi connectivity index (χ1) is 15.5. The number of nitrogens with one attached hydrogen (secondary N) is 2. The first kappa shape index (κ1) is 21.1. The first-order valence-electron chi connectivity index (χ1n) is 9.90. The van der Waals surface area contributed by atoms with Gasteiger partial charge < -0.3 is 34.2 Å². The number of carbonyl (C=O) groups is 2. The molecule has 0 radical (unpaired) electrons. The molecule has 166 valence electrons. The van der Waals surface area contributed by atoms with Crippen molar-refractivity contribution < 1.29 is 28.2 Å². The molecule has 1 aliphatic heterocycles. The lowest BCUT2D eigenvalue weighted by Gasteiger charge is -2.17. The third kappa shape index (κ3) is 4.04. The average Bonchev–Trinajstić information content (AvgIpc) is 3.48. The molecule has 0 spiro atoms. The minimum atomic E-state index is -0.457. The van der Waals surface area contributed by atoms with Gasteiger partial charge in [0.2, 0.25) is 5.75 Å². The van der Waals surface area contributed by atoms with Crippen LogP contribution in [0.5, 0.6) is 17.2 Å². The minimum absolute atomic E-state index is 0.215. The Bertz CT molecular complexity index is 1120. The maximum Gasteiger partial charge on any atom is 0.323 e. The zero-order chi connectivity index (χ0) is 22.7. The van der Waals surface area contributed by atoms with Gasteiger partial charge in [-0.2, -0.15) is 0 Å². The van der Waals surface area contributed by atoms with Crippen LogP contribution in [0.3, 0.4) is 0 Å². The summed E-state index contributed by atoms with van der Waals surface area (Å²) >= 11 is 0. The molecule has 1 aromatic heterocycles. The predicted molar refractivity (Wildman–Crippen MR) is 119 cm³/mol. The Labute approximate surface area is 184 Å². The van der Waals surface area contributed by atoms with Gasteiger partial charge in [-0.3, -0.25) is 4.79 Å². The van der Waals surface area contributed by atoms with Crippen molar-refractivity contribution in [3.05, 3.63) is 60.1 Å². The van der Waals surface area contributed by atoms with Crippen molar-refractivity contribution in [2.75, 3.05) is 43.4 Å². The number of hydrogen-bond donors (Lipinski definition) is 2. The molecule has 3 amide bonds. The Morgan fingerprint density at radius 1 is 0.938 bits per heavy atom. The summed E-state index contributed by atoms with van der Waals surface area (Å²) in [5.41, 5.74) is 2.79. The molecular formula is C23H23N3O6. The van der Waals surface area contributed by atoms with Crippen LogP contribution in [-0.4, -0.2) is 39.8 Å². The molecule has 0 atom stereocenters. The number of amides is 3. The average molecular weight is 437 g/mol. The quantitative estimate of drug-likeness (QED) is 0.601. The van der Waals surface area contributed by atoms with Gasteiger partial charge in [-0.1, -0.05) is 6.07 Å². The number of nitrogens with zero attached hydrogens (tertiary/aromatic N) is 1. The number of carbonyl (C=O) groups excluding carboxylic acids is 2. The SMILES string of the molecule is COc1cc(NC(=O)Nc2ccc3c(c2)N(C(=O)c2ccco2)CC3)cc(OC)c1OC. The highest BCUT2D eigenvalue weighted by molar-refractivity contribution is 6.06. The zero-order valence-corrected chi connectivity index (χ0v) is 17.9. The van der Waals surface area contributed by atoms with E-state index in [1.807, 2.05) is 6.07 Å². The van der Waals surface area contributed by atoms with Gasteiger partial charge in [0, 0.05) is 30.1 Å². The van der Waals surface area contributed by atoms with Crippen molar-refractivity contribution in [2.45, 2.75) is 6.42 Å². The molecule has 2 heterocycles. The molecule has 0 saturated heterocycles. The number of methoxy groups -OCH3 is 3. The topological polar surface area (TPSA) is 102 Å². The second kappa shape index (κ2) is 8.93. The molecule has 0 fully saturated rings. The number of benzene rings is 2. The standard InChI is InChI=1S/C23H23N3O6/c1-29-19-12-16(13-20(30-2)21(19)31-3)25-23(28)24-15-7-6-14-8-9-26(17(14)11-15)22(27)18-5-4-10-32-18/h4-7,10-13H,8-9H2,1-3H3,(H2,24,25,28). The molecule has 9 heteroatoms. The maximum atomic E-state index is 12.7. The van der Waals surface area contributed by atoms with Gasteiger partial charge in [-0.15, -0.1) is 0 Å². The van der Waals surface area contributed by atoms with Gasteiger partial charge in [0.05, 0.1) is 33.3 Å². The van der Waals surface area contributed by atoms with Crippen LogP contribution in [0.25, 0.3) is 0 Å². The lowest BCUT2D eigenvalue weighted by Crippen LogP contribution is -2.28. The second-order valence-electron chi connectivity index (χ2n) is 7.02. The summed E-state index contributed by atoms with van der Waals surface area (Å²) in [5.74, 6) is 1.34. The third-order valence-corrected chi connectivity index (χ3v) is 5.14. The van der Waals surface area contributed by atoms with E-state index in [9.17, 15) is 9.59 Å². The van der Waals surface area contributed by atoms with Crippen LogP contribution in [0.1, 0.15) is 16.1 Å². The molecule has 32 heavy (non-hydrogen) atoms. The normalized spacial score (nSPS) is 12.2. The number of rotatable bonds is 6. The van der Waals surface area contributed by atoms with Crippen LogP contribution in [0.4, 0.5) is 21.9 Å². The monoisotopic (exact) mass is 437 g/mol. The second-order valence-corrected chi connectivity index (χ2v) is 7.02. The molecule has 0 unspecified atom stereocenters.